The number of anilines is 2. The number of hydrogen-bond acceptors (Lipinski definition) is 3. The number of hydrogen-bond donors (Lipinski definition) is 3. The van der Waals surface area contributed by atoms with E-state index in [0.717, 1.165) is 35.8 Å². The van der Waals surface area contributed by atoms with Gasteiger partial charge >= 0.3 is 0 Å². The summed E-state index contributed by atoms with van der Waals surface area (Å²) in [5.74, 6) is 0. The van der Waals surface area contributed by atoms with Crippen LogP contribution in [0.4, 0.5) is 10.7 Å². The Balaban J connectivity index is 1.78. The Bertz CT molecular complexity index is 731. The lowest BCUT2D eigenvalue weighted by Crippen LogP contribution is -3.08. The van der Waals surface area contributed by atoms with E-state index in [9.17, 15) is 5.26 Å². The van der Waals surface area contributed by atoms with E-state index in [0.29, 0.717) is 5.11 Å². The van der Waals surface area contributed by atoms with Crippen molar-refractivity contribution in [2.45, 2.75) is 13.0 Å². The molecular formula is C16H17N4S2+. The molecule has 1 aliphatic heterocycles. The topological polar surface area (TPSA) is 52.3 Å². The number of nitrogens with one attached hydrogen (secondary N) is 3. The largest absolute Gasteiger partial charge is 0.333 e. The number of benzene rings is 1. The van der Waals surface area contributed by atoms with Gasteiger partial charge in [-0.25, -0.2) is 0 Å². The van der Waals surface area contributed by atoms with E-state index in [1.54, 1.807) is 11.3 Å². The Morgan fingerprint density at radius 1 is 1.32 bits per heavy atom. The molecule has 1 atom stereocenters. The smallest absolute Gasteiger partial charge is 0.175 e. The van der Waals surface area contributed by atoms with Crippen LogP contribution >= 0.6 is 23.6 Å². The van der Waals surface area contributed by atoms with Crippen molar-refractivity contribution in [1.82, 2.24) is 0 Å². The van der Waals surface area contributed by atoms with Gasteiger partial charge in [-0.3, -0.25) is 0 Å². The van der Waals surface area contributed by atoms with Crippen LogP contribution in [0.2, 0.25) is 0 Å². The van der Waals surface area contributed by atoms with E-state index in [1.165, 1.54) is 15.3 Å². The van der Waals surface area contributed by atoms with Crippen LogP contribution < -0.4 is 15.5 Å². The quantitative estimate of drug-likeness (QED) is 0.738. The van der Waals surface area contributed by atoms with Gasteiger partial charge in [-0.2, -0.15) is 5.26 Å². The molecule has 112 valence electrons. The molecule has 1 aliphatic rings. The molecule has 3 N–H and O–H groups in total. The Morgan fingerprint density at radius 2 is 2.09 bits per heavy atom. The zero-order chi connectivity index (χ0) is 15.5. The summed E-state index contributed by atoms with van der Waals surface area (Å²) in [5.41, 5.74) is 2.89. The second-order valence-electron chi connectivity index (χ2n) is 5.40. The highest BCUT2D eigenvalue weighted by molar-refractivity contribution is 7.80. The molecule has 1 unspecified atom stereocenters. The minimum atomic E-state index is 0.516. The van der Waals surface area contributed by atoms with Gasteiger partial charge in [-0.05, 0) is 29.9 Å². The monoisotopic (exact) mass is 329 g/mol. The molecule has 0 saturated carbocycles. The van der Waals surface area contributed by atoms with E-state index >= 15 is 0 Å². The first-order valence-corrected chi connectivity index (χ1v) is 8.39. The van der Waals surface area contributed by atoms with Crippen molar-refractivity contribution >= 4 is 39.4 Å². The molecule has 4 nitrogen and oxygen atoms in total. The summed E-state index contributed by atoms with van der Waals surface area (Å²) in [4.78, 5) is 2.78. The van der Waals surface area contributed by atoms with Crippen LogP contribution in [0.15, 0.2) is 30.3 Å². The zero-order valence-corrected chi connectivity index (χ0v) is 13.9. The number of nitriles is 1. The minimum absolute atomic E-state index is 0.516. The van der Waals surface area contributed by atoms with Crippen LogP contribution in [-0.2, 0) is 13.0 Å². The molecule has 0 amide bonds. The Labute approximate surface area is 139 Å². The lowest BCUT2D eigenvalue weighted by Gasteiger charge is -2.18. The van der Waals surface area contributed by atoms with Gasteiger partial charge in [0.1, 0.15) is 17.6 Å². The first-order chi connectivity index (χ1) is 10.7. The number of quaternary nitrogens is 1. The van der Waals surface area contributed by atoms with Crippen molar-refractivity contribution in [3.63, 3.8) is 0 Å². The summed E-state index contributed by atoms with van der Waals surface area (Å²) in [6.45, 7) is 2.06. The van der Waals surface area contributed by atoms with E-state index < -0.39 is 0 Å². The first kappa shape index (κ1) is 15.0. The summed E-state index contributed by atoms with van der Waals surface area (Å²) in [7, 11) is 2.18. The minimum Gasteiger partial charge on any atom is -0.333 e. The fraction of sp³-hybridized carbons (Fsp3) is 0.250. The Hall–Kier alpha value is -1.94. The summed E-state index contributed by atoms with van der Waals surface area (Å²) >= 11 is 7.01. The fourth-order valence-corrected chi connectivity index (χ4v) is 4.21. The highest BCUT2D eigenvalue weighted by Gasteiger charge is 2.25. The highest BCUT2D eigenvalue weighted by atomic mass is 32.1. The van der Waals surface area contributed by atoms with Crippen molar-refractivity contribution in [3.05, 3.63) is 46.3 Å². The SMILES string of the molecule is C[NH+]1CCc2c(sc(NC(=S)Nc3ccccc3)c2C#N)C1. The van der Waals surface area contributed by atoms with Crippen LogP contribution in [0.5, 0.6) is 0 Å². The van der Waals surface area contributed by atoms with E-state index in [2.05, 4.69) is 23.8 Å². The standard InChI is InChI=1S/C16H16N4S2/c1-20-8-7-12-13(9-17)15(22-14(12)10-20)19-16(21)18-11-5-3-2-4-6-11/h2-6H,7-8,10H2,1H3,(H2,18,19,21)/p+1. The van der Waals surface area contributed by atoms with Crippen LogP contribution in [0.3, 0.4) is 0 Å². The van der Waals surface area contributed by atoms with Crippen LogP contribution in [0.1, 0.15) is 16.0 Å². The van der Waals surface area contributed by atoms with Gasteiger partial charge in [0.2, 0.25) is 0 Å². The number of para-hydroxylation sites is 1. The molecule has 6 heteroatoms. The number of likely N-dealkylation sites (N-methyl/N-ethyl adjacent to an activating group) is 1. The average molecular weight is 329 g/mol. The highest BCUT2D eigenvalue weighted by Crippen LogP contribution is 2.34. The molecule has 22 heavy (non-hydrogen) atoms. The molecule has 0 spiro atoms. The molecule has 2 aromatic rings. The van der Waals surface area contributed by atoms with Gasteiger partial charge in [0.15, 0.2) is 5.11 Å². The number of fused-ring (bicyclic) bond motifs is 1. The second-order valence-corrected chi connectivity index (χ2v) is 6.91. The molecular weight excluding hydrogens is 312 g/mol. The predicted molar refractivity (Wildman–Crippen MR) is 94.5 cm³/mol. The second kappa shape index (κ2) is 6.44. The molecule has 0 aliphatic carbocycles. The summed E-state index contributed by atoms with van der Waals surface area (Å²) in [6, 6.07) is 12.1. The first-order valence-electron chi connectivity index (χ1n) is 7.16. The normalized spacial score (nSPS) is 16.5. The van der Waals surface area contributed by atoms with Gasteiger partial charge < -0.3 is 15.5 Å². The van der Waals surface area contributed by atoms with Gasteiger partial charge in [0.25, 0.3) is 0 Å². The van der Waals surface area contributed by atoms with Crippen LogP contribution in [0, 0.1) is 11.3 Å². The maximum absolute atomic E-state index is 9.48. The van der Waals surface area contributed by atoms with Crippen molar-refractivity contribution in [2.24, 2.45) is 0 Å². The predicted octanol–water partition coefficient (Wildman–Crippen LogP) is 2.00. The number of rotatable bonds is 2. The zero-order valence-electron chi connectivity index (χ0n) is 12.3. The number of nitrogens with zero attached hydrogens (tertiary/aromatic N) is 1. The lowest BCUT2D eigenvalue weighted by molar-refractivity contribution is -0.895. The molecule has 1 aromatic heterocycles. The Morgan fingerprint density at radius 3 is 2.82 bits per heavy atom. The third-order valence-electron chi connectivity index (χ3n) is 3.73. The third kappa shape index (κ3) is 3.12. The Kier molecular flexibility index (Phi) is 4.39. The summed E-state index contributed by atoms with van der Waals surface area (Å²) in [6.07, 6.45) is 0.959. The van der Waals surface area contributed by atoms with Crippen LogP contribution in [-0.4, -0.2) is 18.7 Å². The van der Waals surface area contributed by atoms with Gasteiger partial charge in [-0.1, -0.05) is 18.2 Å². The third-order valence-corrected chi connectivity index (χ3v) is 5.08. The van der Waals surface area contributed by atoms with Gasteiger partial charge in [0.05, 0.1) is 24.0 Å². The summed E-state index contributed by atoms with van der Waals surface area (Å²) < 4.78 is 0. The van der Waals surface area contributed by atoms with Crippen molar-refractivity contribution in [3.8, 4) is 6.07 Å². The molecule has 0 saturated heterocycles. The lowest BCUT2D eigenvalue weighted by atomic mass is 10.0. The molecule has 0 radical (unpaired) electrons. The van der Waals surface area contributed by atoms with E-state index in [1.807, 2.05) is 30.3 Å². The maximum atomic E-state index is 9.48. The molecule has 1 aromatic carbocycles. The van der Waals surface area contributed by atoms with E-state index in [-0.39, 0.29) is 0 Å². The van der Waals surface area contributed by atoms with Crippen molar-refractivity contribution < 1.29 is 4.90 Å². The average Bonchev–Trinajstić information content (AvgIpc) is 2.84. The number of thiophene rings is 1. The summed E-state index contributed by atoms with van der Waals surface area (Å²) in [5, 5.41) is 17.2. The van der Waals surface area contributed by atoms with Crippen molar-refractivity contribution in [1.29, 1.82) is 5.26 Å². The number of thiocarbonyl (C=S) groups is 1. The van der Waals surface area contributed by atoms with Crippen LogP contribution in [0.25, 0.3) is 0 Å². The van der Waals surface area contributed by atoms with Gasteiger partial charge in [-0.15, -0.1) is 11.3 Å². The van der Waals surface area contributed by atoms with E-state index in [4.69, 9.17) is 12.2 Å². The molecule has 2 heterocycles. The van der Waals surface area contributed by atoms with Crippen molar-refractivity contribution in [2.75, 3.05) is 24.2 Å². The maximum Gasteiger partial charge on any atom is 0.175 e. The molecule has 0 bridgehead atoms. The molecule has 0 fully saturated rings. The fourth-order valence-electron chi connectivity index (χ4n) is 2.61. The molecule has 3 rings (SSSR count). The van der Waals surface area contributed by atoms with Gasteiger partial charge in [0, 0.05) is 12.1 Å².